The summed E-state index contributed by atoms with van der Waals surface area (Å²) < 4.78 is 69.3. The van der Waals surface area contributed by atoms with Crippen molar-refractivity contribution >= 4 is 33.1 Å². The van der Waals surface area contributed by atoms with Crippen molar-refractivity contribution in [1.82, 2.24) is 4.72 Å². The highest BCUT2D eigenvalue weighted by atomic mass is 32.2. The van der Waals surface area contributed by atoms with E-state index in [9.17, 15) is 31.2 Å². The molecule has 0 radical (unpaired) electrons. The van der Waals surface area contributed by atoms with E-state index < -0.39 is 40.5 Å². The number of carbonyl (C=O) groups excluding carboxylic acids is 2. The maximum Gasteiger partial charge on any atom is 0.573 e. The van der Waals surface area contributed by atoms with Gasteiger partial charge >= 0.3 is 12.3 Å². The molecule has 0 bridgehead atoms. The van der Waals surface area contributed by atoms with Crippen molar-refractivity contribution in [2.75, 3.05) is 19.4 Å². The zero-order valence-electron chi connectivity index (χ0n) is 15.0. The van der Waals surface area contributed by atoms with Crippen LogP contribution in [0.3, 0.4) is 0 Å². The van der Waals surface area contributed by atoms with Crippen molar-refractivity contribution in [2.45, 2.75) is 12.8 Å². The molecule has 0 unspecified atom stereocenters. The average molecular weight is 451 g/mol. The van der Waals surface area contributed by atoms with E-state index >= 15 is 0 Å². The summed E-state index contributed by atoms with van der Waals surface area (Å²) in [5.74, 6) is -1.81. The zero-order chi connectivity index (χ0) is 21.7. The number of esters is 1. The molecule has 0 aliphatic carbocycles. The SMILES string of the molecule is CS(=O)(=O)NCCc1ccc(C(=O)COC(=O)c2ccc(OC(F)(F)F)cc2)s1. The summed E-state index contributed by atoms with van der Waals surface area (Å²) in [5, 5.41) is 0. The van der Waals surface area contributed by atoms with Crippen LogP contribution < -0.4 is 9.46 Å². The Bertz CT molecular complexity index is 968. The summed E-state index contributed by atoms with van der Waals surface area (Å²) in [4.78, 5) is 25.1. The number of sulfonamides is 1. The molecule has 0 amide bonds. The van der Waals surface area contributed by atoms with Crippen LogP contribution in [-0.2, 0) is 21.2 Å². The lowest BCUT2D eigenvalue weighted by atomic mass is 10.2. The van der Waals surface area contributed by atoms with E-state index in [0.29, 0.717) is 11.3 Å². The van der Waals surface area contributed by atoms with Crippen LogP contribution in [0.5, 0.6) is 5.75 Å². The van der Waals surface area contributed by atoms with Crippen molar-refractivity contribution in [3.8, 4) is 5.75 Å². The number of hydrogen-bond acceptors (Lipinski definition) is 7. The highest BCUT2D eigenvalue weighted by Crippen LogP contribution is 2.23. The van der Waals surface area contributed by atoms with Gasteiger partial charge in [-0.2, -0.15) is 0 Å². The number of benzene rings is 1. The summed E-state index contributed by atoms with van der Waals surface area (Å²) in [6, 6.07) is 7.31. The van der Waals surface area contributed by atoms with E-state index in [0.717, 1.165) is 46.7 Å². The van der Waals surface area contributed by atoms with Crippen LogP contribution in [-0.4, -0.2) is 45.9 Å². The molecule has 1 aromatic heterocycles. The Morgan fingerprint density at radius 3 is 2.34 bits per heavy atom. The molecule has 12 heteroatoms. The van der Waals surface area contributed by atoms with Crippen molar-refractivity contribution in [3.63, 3.8) is 0 Å². The fraction of sp³-hybridized carbons (Fsp3) is 0.294. The fourth-order valence-electron chi connectivity index (χ4n) is 2.10. The molecule has 7 nitrogen and oxygen atoms in total. The lowest BCUT2D eigenvalue weighted by molar-refractivity contribution is -0.274. The van der Waals surface area contributed by atoms with Gasteiger partial charge in [-0.3, -0.25) is 4.79 Å². The third-order valence-electron chi connectivity index (χ3n) is 3.33. The van der Waals surface area contributed by atoms with E-state index in [-0.39, 0.29) is 12.1 Å². The van der Waals surface area contributed by atoms with Crippen LogP contribution in [0.4, 0.5) is 13.2 Å². The second-order valence-electron chi connectivity index (χ2n) is 5.75. The number of alkyl halides is 3. The van der Waals surface area contributed by atoms with E-state index in [1.807, 2.05) is 0 Å². The van der Waals surface area contributed by atoms with E-state index in [4.69, 9.17) is 4.74 Å². The van der Waals surface area contributed by atoms with Crippen LogP contribution >= 0.6 is 11.3 Å². The smallest absolute Gasteiger partial charge is 0.454 e. The molecule has 1 heterocycles. The van der Waals surface area contributed by atoms with Gasteiger partial charge in [0, 0.05) is 11.4 Å². The first-order chi connectivity index (χ1) is 13.4. The zero-order valence-corrected chi connectivity index (χ0v) is 16.6. The third-order valence-corrected chi connectivity index (χ3v) is 5.24. The van der Waals surface area contributed by atoms with Gasteiger partial charge < -0.3 is 9.47 Å². The molecule has 0 aliphatic heterocycles. The number of carbonyl (C=O) groups is 2. The number of rotatable bonds is 9. The van der Waals surface area contributed by atoms with E-state index in [2.05, 4.69) is 9.46 Å². The molecule has 0 saturated carbocycles. The highest BCUT2D eigenvalue weighted by molar-refractivity contribution is 7.88. The summed E-state index contributed by atoms with van der Waals surface area (Å²) in [6.07, 6.45) is -3.40. The molecule has 2 rings (SSSR count). The molecule has 2 aromatic rings. The predicted octanol–water partition coefficient (Wildman–Crippen LogP) is 2.78. The first kappa shape index (κ1) is 22.8. The molecule has 0 aliphatic rings. The van der Waals surface area contributed by atoms with Gasteiger partial charge in [0.25, 0.3) is 0 Å². The fourth-order valence-corrected chi connectivity index (χ4v) is 3.50. The van der Waals surface area contributed by atoms with Gasteiger partial charge in [0.05, 0.1) is 16.7 Å². The Labute approximate surface area is 168 Å². The minimum Gasteiger partial charge on any atom is -0.454 e. The summed E-state index contributed by atoms with van der Waals surface area (Å²) in [7, 11) is -3.29. The molecule has 0 spiro atoms. The topological polar surface area (TPSA) is 98.8 Å². The molecule has 29 heavy (non-hydrogen) atoms. The first-order valence-electron chi connectivity index (χ1n) is 8.02. The molecular formula is C17H16F3NO6S2. The number of Topliss-reactive ketones (excluding diaryl/α,β-unsaturated/α-hetero) is 1. The quantitative estimate of drug-likeness (QED) is 0.465. The molecule has 158 valence electrons. The van der Waals surface area contributed by atoms with E-state index in [1.165, 1.54) is 0 Å². The average Bonchev–Trinajstić information content (AvgIpc) is 3.06. The molecule has 0 fully saturated rings. The van der Waals surface area contributed by atoms with Gasteiger partial charge in [0.15, 0.2) is 6.61 Å². The van der Waals surface area contributed by atoms with Gasteiger partial charge in [-0.25, -0.2) is 17.9 Å². The second-order valence-corrected chi connectivity index (χ2v) is 8.76. The van der Waals surface area contributed by atoms with Crippen molar-refractivity contribution in [3.05, 3.63) is 51.7 Å². The van der Waals surface area contributed by atoms with Crippen LogP contribution in [0.1, 0.15) is 24.9 Å². The van der Waals surface area contributed by atoms with Gasteiger partial charge in [0.1, 0.15) is 5.75 Å². The van der Waals surface area contributed by atoms with Gasteiger partial charge in [-0.15, -0.1) is 24.5 Å². The van der Waals surface area contributed by atoms with Crippen molar-refractivity contribution < 1.29 is 40.7 Å². The number of nitrogens with one attached hydrogen (secondary N) is 1. The number of hydrogen-bond donors (Lipinski definition) is 1. The lowest BCUT2D eigenvalue weighted by Gasteiger charge is -2.09. The predicted molar refractivity (Wildman–Crippen MR) is 98.6 cm³/mol. The van der Waals surface area contributed by atoms with Crippen LogP contribution in [0.2, 0.25) is 0 Å². The number of thiophene rings is 1. The normalized spacial score (nSPS) is 11.9. The number of halogens is 3. The standard InChI is InChI=1S/C17H16F3NO6S2/c1-29(24,25)21-9-8-13-6-7-15(28-13)14(22)10-26-16(23)11-2-4-12(5-3-11)27-17(18,19)20/h2-7,21H,8-10H2,1H3. The Hall–Kier alpha value is -2.44. The first-order valence-corrected chi connectivity index (χ1v) is 10.7. The van der Waals surface area contributed by atoms with Crippen LogP contribution in [0.15, 0.2) is 36.4 Å². The summed E-state index contributed by atoms with van der Waals surface area (Å²) in [5.41, 5.74) is -0.0361. The monoisotopic (exact) mass is 451 g/mol. The maximum atomic E-state index is 12.1. The summed E-state index contributed by atoms with van der Waals surface area (Å²) >= 11 is 1.15. The van der Waals surface area contributed by atoms with Crippen LogP contribution in [0.25, 0.3) is 0 Å². The Kier molecular flexibility index (Phi) is 7.38. The molecule has 1 aromatic carbocycles. The molecule has 0 saturated heterocycles. The molecule has 1 N–H and O–H groups in total. The van der Waals surface area contributed by atoms with Crippen molar-refractivity contribution in [1.29, 1.82) is 0 Å². The van der Waals surface area contributed by atoms with Gasteiger partial charge in [-0.05, 0) is 42.8 Å². The Balaban J connectivity index is 1.85. The Morgan fingerprint density at radius 2 is 1.76 bits per heavy atom. The maximum absolute atomic E-state index is 12.1. The third kappa shape index (κ3) is 8.21. The van der Waals surface area contributed by atoms with Crippen molar-refractivity contribution in [2.24, 2.45) is 0 Å². The highest BCUT2D eigenvalue weighted by Gasteiger charge is 2.31. The Morgan fingerprint density at radius 1 is 1.10 bits per heavy atom. The molecule has 0 atom stereocenters. The molecular weight excluding hydrogens is 435 g/mol. The van der Waals surface area contributed by atoms with Crippen LogP contribution in [0, 0.1) is 0 Å². The largest absolute Gasteiger partial charge is 0.573 e. The minimum absolute atomic E-state index is 0.0361. The number of ketones is 1. The van der Waals surface area contributed by atoms with E-state index in [1.54, 1.807) is 12.1 Å². The lowest BCUT2D eigenvalue weighted by Crippen LogP contribution is -2.24. The second kappa shape index (κ2) is 9.37. The summed E-state index contributed by atoms with van der Waals surface area (Å²) in [6.45, 7) is -0.350. The van der Waals surface area contributed by atoms with Gasteiger partial charge in [-0.1, -0.05) is 0 Å². The van der Waals surface area contributed by atoms with Gasteiger partial charge in [0.2, 0.25) is 15.8 Å². The number of ether oxygens (including phenoxy) is 2. The minimum atomic E-state index is -4.84.